The first-order chi connectivity index (χ1) is 14.3. The summed E-state index contributed by atoms with van der Waals surface area (Å²) in [6.45, 7) is 3.72. The van der Waals surface area contributed by atoms with E-state index in [4.69, 9.17) is 16.2 Å². The molecule has 1 aromatic heterocycles. The lowest BCUT2D eigenvalue weighted by Gasteiger charge is -2.32. The summed E-state index contributed by atoms with van der Waals surface area (Å²) in [7, 11) is 0. The number of ether oxygens (including phenoxy) is 1. The molecule has 0 spiro atoms. The van der Waals surface area contributed by atoms with Gasteiger partial charge >= 0.3 is 5.97 Å². The van der Waals surface area contributed by atoms with Crippen LogP contribution in [0.5, 0.6) is 0 Å². The maximum Gasteiger partial charge on any atom is 0.360 e. The highest BCUT2D eigenvalue weighted by atomic mass is 16.6. The molecule has 11 heteroatoms. The van der Waals surface area contributed by atoms with Gasteiger partial charge in [-0.05, 0) is 25.8 Å². The minimum atomic E-state index is -0.703. The van der Waals surface area contributed by atoms with Gasteiger partial charge in [0.1, 0.15) is 5.82 Å². The Hall–Kier alpha value is -3.47. The van der Waals surface area contributed by atoms with E-state index in [-0.39, 0.29) is 35.4 Å². The molecule has 1 fully saturated rings. The molecular formula is C19H24N6O5. The highest BCUT2D eigenvalue weighted by Crippen LogP contribution is 2.29. The number of carbonyl (C=O) groups excluding carboxylic acids is 2. The summed E-state index contributed by atoms with van der Waals surface area (Å²) in [5.74, 6) is -0.965. The zero-order chi connectivity index (χ0) is 21.8. The minimum absolute atomic E-state index is 0.0733. The fourth-order valence-electron chi connectivity index (χ4n) is 3.64. The third kappa shape index (κ3) is 4.40. The molecule has 0 radical (unpaired) electrons. The lowest BCUT2D eigenvalue weighted by molar-refractivity contribution is -0.385. The Morgan fingerprint density at radius 2 is 2.03 bits per heavy atom. The third-order valence-electron chi connectivity index (χ3n) is 5.21. The van der Waals surface area contributed by atoms with Crippen molar-refractivity contribution in [2.45, 2.75) is 32.4 Å². The fraction of sp³-hybridized carbons (Fsp3) is 0.421. The molecule has 3 rings (SSSR count). The number of hydrogen-bond acceptors (Lipinski definition) is 8. The molecule has 2 aromatic rings. The van der Waals surface area contributed by atoms with Gasteiger partial charge in [0.2, 0.25) is 5.91 Å². The molecule has 1 aliphatic heterocycles. The first kappa shape index (κ1) is 21.2. The number of anilines is 1. The normalized spacial score (nSPS) is 15.1. The number of primary amides is 1. The summed E-state index contributed by atoms with van der Waals surface area (Å²) in [5.41, 5.74) is 11.9. The van der Waals surface area contributed by atoms with Crippen molar-refractivity contribution in [3.63, 3.8) is 0 Å². The Balaban J connectivity index is 1.66. The average molecular weight is 416 g/mol. The van der Waals surface area contributed by atoms with Crippen LogP contribution in [0.4, 0.5) is 11.5 Å². The largest absolute Gasteiger partial charge is 0.461 e. The van der Waals surface area contributed by atoms with Crippen molar-refractivity contribution in [1.29, 1.82) is 0 Å². The molecular weight excluding hydrogens is 392 g/mol. The van der Waals surface area contributed by atoms with E-state index in [0.29, 0.717) is 25.2 Å². The van der Waals surface area contributed by atoms with Crippen molar-refractivity contribution in [1.82, 2.24) is 14.5 Å². The summed E-state index contributed by atoms with van der Waals surface area (Å²) >= 11 is 0. The van der Waals surface area contributed by atoms with Crippen LogP contribution in [0.3, 0.4) is 0 Å². The van der Waals surface area contributed by atoms with Gasteiger partial charge in [-0.3, -0.25) is 19.8 Å². The van der Waals surface area contributed by atoms with E-state index in [2.05, 4.69) is 9.88 Å². The van der Waals surface area contributed by atoms with Crippen LogP contribution in [0, 0.1) is 10.1 Å². The molecule has 2 heterocycles. The van der Waals surface area contributed by atoms with Gasteiger partial charge in [-0.25, -0.2) is 9.78 Å². The van der Waals surface area contributed by atoms with Gasteiger partial charge in [-0.1, -0.05) is 6.07 Å². The van der Waals surface area contributed by atoms with Crippen molar-refractivity contribution in [3.8, 4) is 0 Å². The number of nitro groups is 1. The average Bonchev–Trinajstić information content (AvgIpc) is 3.10. The van der Waals surface area contributed by atoms with Gasteiger partial charge < -0.3 is 20.8 Å². The number of esters is 1. The van der Waals surface area contributed by atoms with E-state index in [1.807, 2.05) is 0 Å². The maximum absolute atomic E-state index is 11.9. The van der Waals surface area contributed by atoms with Crippen LogP contribution in [0.25, 0.3) is 0 Å². The predicted octanol–water partition coefficient (Wildman–Crippen LogP) is 1.49. The number of benzene rings is 1. The Bertz CT molecular complexity index is 964. The van der Waals surface area contributed by atoms with Crippen molar-refractivity contribution >= 4 is 23.4 Å². The molecule has 1 saturated heterocycles. The van der Waals surface area contributed by atoms with E-state index in [9.17, 15) is 19.7 Å². The Morgan fingerprint density at radius 3 is 2.63 bits per heavy atom. The van der Waals surface area contributed by atoms with Crippen LogP contribution < -0.4 is 11.5 Å². The summed E-state index contributed by atoms with van der Waals surface area (Å²) in [6.07, 6.45) is 3.04. The maximum atomic E-state index is 11.9. The van der Waals surface area contributed by atoms with E-state index in [0.717, 1.165) is 12.8 Å². The van der Waals surface area contributed by atoms with Crippen LogP contribution >= 0.6 is 0 Å². The molecule has 160 valence electrons. The van der Waals surface area contributed by atoms with Crippen molar-refractivity contribution < 1.29 is 19.2 Å². The van der Waals surface area contributed by atoms with Crippen molar-refractivity contribution in [2.24, 2.45) is 5.73 Å². The molecule has 1 aromatic carbocycles. The second-order valence-electron chi connectivity index (χ2n) is 7.08. The van der Waals surface area contributed by atoms with Gasteiger partial charge in [0.15, 0.2) is 5.69 Å². The molecule has 1 amide bonds. The molecule has 0 aliphatic carbocycles. The Labute approximate surface area is 172 Å². The number of hydrogen-bond donors (Lipinski definition) is 2. The van der Waals surface area contributed by atoms with Gasteiger partial charge in [0, 0.05) is 42.9 Å². The van der Waals surface area contributed by atoms with Gasteiger partial charge in [0.25, 0.3) is 5.69 Å². The number of amides is 1. The predicted molar refractivity (Wildman–Crippen MR) is 108 cm³/mol. The molecule has 1 aliphatic rings. The number of nitrogens with two attached hydrogens (primary N) is 2. The summed E-state index contributed by atoms with van der Waals surface area (Å²) in [4.78, 5) is 40.3. The van der Waals surface area contributed by atoms with Crippen LogP contribution in [-0.2, 0) is 11.3 Å². The second-order valence-corrected chi connectivity index (χ2v) is 7.08. The standard InChI is InChI=1S/C19H24N6O5/c1-2-30-19(27)16-17(20)24(11-22-16)14-5-7-23(8-6-14)10-13-4-3-12(18(21)26)9-15(13)25(28)29/h3-4,9,11,14H,2,5-8,10,20H2,1H3,(H2,21,26). The number of imidazole rings is 1. The number of nitrogen functional groups attached to an aromatic ring is 1. The van der Waals surface area contributed by atoms with E-state index < -0.39 is 16.8 Å². The van der Waals surface area contributed by atoms with Crippen molar-refractivity contribution in [2.75, 3.05) is 25.4 Å². The number of nitrogens with zero attached hydrogens (tertiary/aromatic N) is 4. The van der Waals surface area contributed by atoms with Crippen LogP contribution in [-0.4, -0.2) is 50.9 Å². The molecule has 0 saturated carbocycles. The lowest BCUT2D eigenvalue weighted by Crippen LogP contribution is -2.34. The molecule has 0 unspecified atom stereocenters. The quantitative estimate of drug-likeness (QED) is 0.390. The van der Waals surface area contributed by atoms with Gasteiger partial charge in [-0.2, -0.15) is 0 Å². The van der Waals surface area contributed by atoms with Crippen LogP contribution in [0.15, 0.2) is 24.5 Å². The van der Waals surface area contributed by atoms with Crippen LogP contribution in [0.1, 0.15) is 52.2 Å². The first-order valence-corrected chi connectivity index (χ1v) is 9.60. The fourth-order valence-corrected chi connectivity index (χ4v) is 3.64. The Kier molecular flexibility index (Phi) is 6.31. The number of rotatable bonds is 7. The zero-order valence-electron chi connectivity index (χ0n) is 16.6. The summed E-state index contributed by atoms with van der Waals surface area (Å²) in [5, 5.41) is 11.4. The van der Waals surface area contributed by atoms with E-state index >= 15 is 0 Å². The molecule has 0 bridgehead atoms. The summed E-state index contributed by atoms with van der Waals surface area (Å²) < 4.78 is 6.74. The molecule has 30 heavy (non-hydrogen) atoms. The number of piperidine rings is 1. The number of likely N-dealkylation sites (tertiary alicyclic amines) is 1. The summed E-state index contributed by atoms with van der Waals surface area (Å²) in [6, 6.07) is 4.36. The van der Waals surface area contributed by atoms with E-state index in [1.165, 1.54) is 12.1 Å². The number of nitro benzene ring substituents is 1. The Morgan fingerprint density at radius 1 is 1.33 bits per heavy atom. The highest BCUT2D eigenvalue weighted by Gasteiger charge is 2.26. The van der Waals surface area contributed by atoms with Gasteiger partial charge in [0.05, 0.1) is 17.9 Å². The minimum Gasteiger partial charge on any atom is -0.461 e. The monoisotopic (exact) mass is 416 g/mol. The number of aromatic nitrogens is 2. The van der Waals surface area contributed by atoms with E-state index in [1.54, 1.807) is 23.9 Å². The second kappa shape index (κ2) is 8.91. The topological polar surface area (TPSA) is 160 Å². The number of carbonyl (C=O) groups is 2. The van der Waals surface area contributed by atoms with Gasteiger partial charge in [-0.15, -0.1) is 0 Å². The smallest absolute Gasteiger partial charge is 0.360 e. The zero-order valence-corrected chi connectivity index (χ0v) is 16.6. The molecule has 0 atom stereocenters. The molecule has 11 nitrogen and oxygen atoms in total. The lowest BCUT2D eigenvalue weighted by atomic mass is 10.0. The van der Waals surface area contributed by atoms with Crippen molar-refractivity contribution in [3.05, 3.63) is 51.5 Å². The highest BCUT2D eigenvalue weighted by molar-refractivity contribution is 5.93. The molecule has 4 N–H and O–H groups in total. The van der Waals surface area contributed by atoms with Crippen LogP contribution in [0.2, 0.25) is 0 Å². The SMILES string of the molecule is CCOC(=O)c1ncn(C2CCN(Cc3ccc(C(N)=O)cc3[N+](=O)[O-])CC2)c1N. The third-order valence-corrected chi connectivity index (χ3v) is 5.21. The first-order valence-electron chi connectivity index (χ1n) is 9.60.